The van der Waals surface area contributed by atoms with E-state index in [0.717, 1.165) is 5.75 Å². The summed E-state index contributed by atoms with van der Waals surface area (Å²) in [5, 5.41) is 0. The molecule has 1 aliphatic rings. The summed E-state index contributed by atoms with van der Waals surface area (Å²) >= 11 is 0. The summed E-state index contributed by atoms with van der Waals surface area (Å²) in [6.45, 7) is 0. The molecule has 16 heavy (non-hydrogen) atoms. The number of hydrogen-bond acceptors (Lipinski definition) is 1. The SMILES string of the molecule is O=S1CC1(c1ccccc1)c1ccccc1. The first-order valence-corrected chi connectivity index (χ1v) is 6.65. The van der Waals surface area contributed by atoms with Crippen LogP contribution in [-0.4, -0.2) is 9.96 Å². The second-order valence-electron chi connectivity index (χ2n) is 4.05. The molecule has 1 nitrogen and oxygen atoms in total. The molecule has 2 aromatic rings. The highest BCUT2D eigenvalue weighted by molar-refractivity contribution is 7.93. The highest BCUT2D eigenvalue weighted by atomic mass is 32.2. The zero-order chi connectivity index (χ0) is 11.0. The Kier molecular flexibility index (Phi) is 2.18. The topological polar surface area (TPSA) is 17.1 Å². The quantitative estimate of drug-likeness (QED) is 0.722. The molecule has 1 atom stereocenters. The molecule has 3 rings (SSSR count). The Hall–Kier alpha value is -1.41. The molecule has 0 amide bonds. The molecule has 0 radical (unpaired) electrons. The largest absolute Gasteiger partial charge is 0.258 e. The lowest BCUT2D eigenvalue weighted by Crippen LogP contribution is -2.10. The molecule has 0 aliphatic carbocycles. The maximum atomic E-state index is 11.9. The molecule has 0 aromatic heterocycles. The van der Waals surface area contributed by atoms with Crippen molar-refractivity contribution in [2.24, 2.45) is 0 Å². The molecule has 0 saturated carbocycles. The van der Waals surface area contributed by atoms with Crippen molar-refractivity contribution in [3.05, 3.63) is 71.8 Å². The molecule has 1 aliphatic heterocycles. The van der Waals surface area contributed by atoms with Gasteiger partial charge < -0.3 is 0 Å². The second-order valence-corrected chi connectivity index (χ2v) is 5.73. The first-order chi connectivity index (χ1) is 7.84. The van der Waals surface area contributed by atoms with Crippen LogP contribution >= 0.6 is 0 Å². The summed E-state index contributed by atoms with van der Waals surface area (Å²) in [5.74, 6) is 0.751. The van der Waals surface area contributed by atoms with E-state index in [1.54, 1.807) is 0 Å². The minimum atomic E-state index is -0.759. The maximum absolute atomic E-state index is 11.9. The Morgan fingerprint density at radius 2 is 1.19 bits per heavy atom. The third-order valence-corrected chi connectivity index (χ3v) is 4.85. The van der Waals surface area contributed by atoms with Gasteiger partial charge in [0.1, 0.15) is 4.75 Å². The van der Waals surface area contributed by atoms with Crippen LogP contribution in [0.1, 0.15) is 11.1 Å². The normalized spacial score (nSPS) is 21.6. The summed E-state index contributed by atoms with van der Waals surface area (Å²) in [6, 6.07) is 20.3. The van der Waals surface area contributed by atoms with Crippen LogP contribution in [-0.2, 0) is 15.5 Å². The Bertz CT molecular complexity index is 479. The monoisotopic (exact) mass is 228 g/mol. The van der Waals surface area contributed by atoms with E-state index in [9.17, 15) is 4.21 Å². The predicted molar refractivity (Wildman–Crippen MR) is 66.7 cm³/mol. The molecule has 0 bridgehead atoms. The Balaban J connectivity index is 2.13. The van der Waals surface area contributed by atoms with Crippen molar-refractivity contribution in [2.75, 3.05) is 5.75 Å². The van der Waals surface area contributed by atoms with Crippen LogP contribution in [0.25, 0.3) is 0 Å². The van der Waals surface area contributed by atoms with E-state index in [1.165, 1.54) is 11.1 Å². The van der Waals surface area contributed by atoms with Crippen molar-refractivity contribution in [2.45, 2.75) is 4.75 Å². The van der Waals surface area contributed by atoms with Crippen LogP contribution in [0.2, 0.25) is 0 Å². The number of rotatable bonds is 2. The summed E-state index contributed by atoms with van der Waals surface area (Å²) in [7, 11) is -0.759. The molecule has 1 heterocycles. The molecule has 0 spiro atoms. The Morgan fingerprint density at radius 1 is 0.812 bits per heavy atom. The highest BCUT2D eigenvalue weighted by Gasteiger charge is 2.55. The van der Waals surface area contributed by atoms with Crippen molar-refractivity contribution >= 4 is 10.8 Å². The maximum Gasteiger partial charge on any atom is 0.107 e. The van der Waals surface area contributed by atoms with Crippen molar-refractivity contribution in [3.63, 3.8) is 0 Å². The van der Waals surface area contributed by atoms with Gasteiger partial charge >= 0.3 is 0 Å². The first kappa shape index (κ1) is 9.79. The summed E-state index contributed by atoms with van der Waals surface area (Å²) in [4.78, 5) is 0. The third kappa shape index (κ3) is 1.34. The van der Waals surface area contributed by atoms with Crippen molar-refractivity contribution < 1.29 is 4.21 Å². The fourth-order valence-electron chi connectivity index (χ4n) is 2.17. The van der Waals surface area contributed by atoms with E-state index in [1.807, 2.05) is 36.4 Å². The van der Waals surface area contributed by atoms with Gasteiger partial charge in [-0.05, 0) is 11.1 Å². The zero-order valence-corrected chi connectivity index (χ0v) is 9.61. The van der Waals surface area contributed by atoms with E-state index in [-0.39, 0.29) is 4.75 Å². The standard InChI is InChI=1S/C14H12OS/c15-16-11-14(16,12-7-3-1-4-8-12)13-9-5-2-6-10-13/h1-10H,11H2. The van der Waals surface area contributed by atoms with Crippen LogP contribution < -0.4 is 0 Å². The van der Waals surface area contributed by atoms with Crippen molar-refractivity contribution in [1.29, 1.82) is 0 Å². The van der Waals surface area contributed by atoms with Gasteiger partial charge in [-0.15, -0.1) is 0 Å². The first-order valence-electron chi connectivity index (χ1n) is 5.33. The minimum Gasteiger partial charge on any atom is -0.258 e. The number of hydrogen-bond donors (Lipinski definition) is 0. The van der Waals surface area contributed by atoms with Gasteiger partial charge in [0.15, 0.2) is 0 Å². The van der Waals surface area contributed by atoms with Gasteiger partial charge in [0.2, 0.25) is 0 Å². The zero-order valence-electron chi connectivity index (χ0n) is 8.80. The molecule has 1 unspecified atom stereocenters. The highest BCUT2D eigenvalue weighted by Crippen LogP contribution is 2.48. The fraction of sp³-hybridized carbons (Fsp3) is 0.143. The Morgan fingerprint density at radius 3 is 1.50 bits per heavy atom. The minimum absolute atomic E-state index is 0.234. The molecular formula is C14H12OS. The smallest absolute Gasteiger partial charge is 0.107 e. The Labute approximate surface area is 97.6 Å². The fourth-order valence-corrected chi connectivity index (χ4v) is 3.75. The third-order valence-electron chi connectivity index (χ3n) is 3.11. The molecule has 1 saturated heterocycles. The lowest BCUT2D eigenvalue weighted by Gasteiger charge is -2.13. The van der Waals surface area contributed by atoms with Gasteiger partial charge in [-0.1, -0.05) is 60.7 Å². The molecular weight excluding hydrogens is 216 g/mol. The van der Waals surface area contributed by atoms with Crippen LogP contribution in [0.3, 0.4) is 0 Å². The number of benzene rings is 2. The van der Waals surface area contributed by atoms with Gasteiger partial charge in [0.25, 0.3) is 0 Å². The van der Waals surface area contributed by atoms with E-state index in [2.05, 4.69) is 24.3 Å². The lowest BCUT2D eigenvalue weighted by molar-refractivity contribution is 0.689. The summed E-state index contributed by atoms with van der Waals surface area (Å²) in [6.07, 6.45) is 0. The summed E-state index contributed by atoms with van der Waals surface area (Å²) in [5.41, 5.74) is 2.33. The molecule has 1 fully saturated rings. The van der Waals surface area contributed by atoms with Gasteiger partial charge in [0.05, 0.1) is 5.75 Å². The van der Waals surface area contributed by atoms with Crippen molar-refractivity contribution in [1.82, 2.24) is 0 Å². The van der Waals surface area contributed by atoms with Gasteiger partial charge in [0, 0.05) is 10.8 Å². The van der Waals surface area contributed by atoms with Gasteiger partial charge in [-0.3, -0.25) is 4.21 Å². The average Bonchev–Trinajstić information content (AvgIpc) is 3.05. The van der Waals surface area contributed by atoms with Crippen LogP contribution in [0.5, 0.6) is 0 Å². The van der Waals surface area contributed by atoms with Crippen molar-refractivity contribution in [3.8, 4) is 0 Å². The van der Waals surface area contributed by atoms with E-state index >= 15 is 0 Å². The molecule has 0 N–H and O–H groups in total. The van der Waals surface area contributed by atoms with Gasteiger partial charge in [-0.25, -0.2) is 0 Å². The van der Waals surface area contributed by atoms with Crippen LogP contribution in [0.15, 0.2) is 60.7 Å². The lowest BCUT2D eigenvalue weighted by atomic mass is 9.93. The summed E-state index contributed by atoms with van der Waals surface area (Å²) < 4.78 is 11.7. The van der Waals surface area contributed by atoms with E-state index in [4.69, 9.17) is 0 Å². The van der Waals surface area contributed by atoms with Crippen LogP contribution in [0, 0.1) is 0 Å². The van der Waals surface area contributed by atoms with Gasteiger partial charge in [-0.2, -0.15) is 0 Å². The molecule has 80 valence electrons. The second kappa shape index (κ2) is 3.56. The average molecular weight is 228 g/mol. The predicted octanol–water partition coefficient (Wildman–Crippen LogP) is 2.69. The van der Waals surface area contributed by atoms with E-state index in [0.29, 0.717) is 0 Å². The van der Waals surface area contributed by atoms with E-state index < -0.39 is 10.8 Å². The van der Waals surface area contributed by atoms with Crippen LogP contribution in [0.4, 0.5) is 0 Å². The molecule has 2 aromatic carbocycles. The molecule has 2 heteroatoms.